The molecule has 3 N–H and O–H groups in total. The monoisotopic (exact) mass is 257 g/mol. The Morgan fingerprint density at radius 3 is 2.64 bits per heavy atom. The minimum atomic E-state index is -0.0898. The van der Waals surface area contributed by atoms with Gasteiger partial charge in [0.2, 0.25) is 0 Å². The van der Waals surface area contributed by atoms with Crippen LogP contribution in [0.25, 0.3) is 0 Å². The second-order valence-corrected chi connectivity index (χ2v) is 4.40. The third kappa shape index (κ3) is 2.56. The van der Waals surface area contributed by atoms with Crippen LogP contribution < -0.4 is 5.73 Å². The maximum absolute atomic E-state index is 8.83. The molecule has 14 heavy (non-hydrogen) atoms. The number of rotatable bonds is 3. The van der Waals surface area contributed by atoms with E-state index in [4.69, 9.17) is 10.8 Å². The number of aliphatic hydroxyl groups is 1. The molecule has 1 aromatic carbocycles. The SMILES string of the molecule is Cc1cc(C)c(Br)c(C(N)CCO)c1. The Bertz CT molecular complexity index is 325. The quantitative estimate of drug-likeness (QED) is 0.874. The molecule has 0 spiro atoms. The van der Waals surface area contributed by atoms with E-state index in [9.17, 15) is 0 Å². The van der Waals surface area contributed by atoms with Crippen LogP contribution in [0.2, 0.25) is 0 Å². The highest BCUT2D eigenvalue weighted by atomic mass is 79.9. The second kappa shape index (κ2) is 4.91. The zero-order chi connectivity index (χ0) is 10.7. The number of aryl methyl sites for hydroxylation is 2. The van der Waals surface area contributed by atoms with Crippen molar-refractivity contribution in [1.29, 1.82) is 0 Å². The Balaban J connectivity index is 3.07. The number of hydrogen-bond acceptors (Lipinski definition) is 2. The summed E-state index contributed by atoms with van der Waals surface area (Å²) in [5.74, 6) is 0. The number of aliphatic hydroxyl groups excluding tert-OH is 1. The summed E-state index contributed by atoms with van der Waals surface area (Å²) in [4.78, 5) is 0. The van der Waals surface area contributed by atoms with Gasteiger partial charge in [-0.15, -0.1) is 0 Å². The molecule has 0 fully saturated rings. The highest BCUT2D eigenvalue weighted by molar-refractivity contribution is 9.10. The Labute approximate surface area is 93.3 Å². The van der Waals surface area contributed by atoms with Gasteiger partial charge in [0.25, 0.3) is 0 Å². The van der Waals surface area contributed by atoms with Crippen LogP contribution in [-0.2, 0) is 0 Å². The predicted molar refractivity (Wildman–Crippen MR) is 62.2 cm³/mol. The van der Waals surface area contributed by atoms with E-state index in [-0.39, 0.29) is 12.6 Å². The lowest BCUT2D eigenvalue weighted by atomic mass is 10.00. The molecule has 0 heterocycles. The van der Waals surface area contributed by atoms with Gasteiger partial charge in [-0.05, 0) is 31.4 Å². The molecule has 0 bridgehead atoms. The summed E-state index contributed by atoms with van der Waals surface area (Å²) in [6, 6.07) is 4.09. The highest BCUT2D eigenvalue weighted by Gasteiger charge is 2.11. The highest BCUT2D eigenvalue weighted by Crippen LogP contribution is 2.28. The van der Waals surface area contributed by atoms with Crippen molar-refractivity contribution in [3.63, 3.8) is 0 Å². The molecule has 0 amide bonds. The van der Waals surface area contributed by atoms with Crippen LogP contribution in [0.5, 0.6) is 0 Å². The molecule has 0 aromatic heterocycles. The third-order valence-corrected chi connectivity index (χ3v) is 3.35. The van der Waals surface area contributed by atoms with Crippen molar-refractivity contribution >= 4 is 15.9 Å². The lowest BCUT2D eigenvalue weighted by Crippen LogP contribution is -2.13. The van der Waals surface area contributed by atoms with Crippen molar-refractivity contribution in [2.24, 2.45) is 5.73 Å². The summed E-state index contributed by atoms with van der Waals surface area (Å²) in [5, 5.41) is 8.83. The Hall–Kier alpha value is -0.380. The Morgan fingerprint density at radius 2 is 2.07 bits per heavy atom. The van der Waals surface area contributed by atoms with Crippen LogP contribution >= 0.6 is 15.9 Å². The van der Waals surface area contributed by atoms with Crippen LogP contribution in [-0.4, -0.2) is 11.7 Å². The molecule has 0 saturated carbocycles. The summed E-state index contributed by atoms with van der Waals surface area (Å²) in [5.41, 5.74) is 9.43. The first-order valence-corrected chi connectivity index (χ1v) is 5.48. The van der Waals surface area contributed by atoms with Gasteiger partial charge in [-0.2, -0.15) is 0 Å². The van der Waals surface area contributed by atoms with Crippen LogP contribution in [0.1, 0.15) is 29.2 Å². The molecule has 1 unspecified atom stereocenters. The van der Waals surface area contributed by atoms with Gasteiger partial charge in [0.1, 0.15) is 0 Å². The van der Waals surface area contributed by atoms with Gasteiger partial charge in [-0.3, -0.25) is 0 Å². The molecule has 0 saturated heterocycles. The Morgan fingerprint density at radius 1 is 1.43 bits per heavy atom. The van der Waals surface area contributed by atoms with E-state index in [1.54, 1.807) is 0 Å². The van der Waals surface area contributed by atoms with Gasteiger partial charge in [-0.1, -0.05) is 33.6 Å². The molecule has 1 atom stereocenters. The van der Waals surface area contributed by atoms with Gasteiger partial charge in [0.15, 0.2) is 0 Å². The first-order valence-electron chi connectivity index (χ1n) is 4.69. The first-order chi connectivity index (χ1) is 6.56. The molecule has 1 aromatic rings. The lowest BCUT2D eigenvalue weighted by Gasteiger charge is -2.15. The molecule has 78 valence electrons. The average molecular weight is 258 g/mol. The van der Waals surface area contributed by atoms with Crippen molar-refractivity contribution in [2.75, 3.05) is 6.61 Å². The maximum atomic E-state index is 8.83. The Kier molecular flexibility index (Phi) is 4.11. The summed E-state index contributed by atoms with van der Waals surface area (Å²) in [6.45, 7) is 4.22. The van der Waals surface area contributed by atoms with Crippen LogP contribution in [0, 0.1) is 13.8 Å². The van der Waals surface area contributed by atoms with Gasteiger partial charge >= 0.3 is 0 Å². The zero-order valence-corrected chi connectivity index (χ0v) is 10.1. The van der Waals surface area contributed by atoms with E-state index >= 15 is 0 Å². The van der Waals surface area contributed by atoms with E-state index < -0.39 is 0 Å². The molecule has 0 aliphatic heterocycles. The van der Waals surface area contributed by atoms with Gasteiger partial charge in [0.05, 0.1) is 0 Å². The van der Waals surface area contributed by atoms with Crippen LogP contribution in [0.15, 0.2) is 16.6 Å². The van der Waals surface area contributed by atoms with Crippen molar-refractivity contribution in [3.8, 4) is 0 Å². The van der Waals surface area contributed by atoms with Gasteiger partial charge in [-0.25, -0.2) is 0 Å². The van der Waals surface area contributed by atoms with E-state index in [1.807, 2.05) is 6.92 Å². The number of halogens is 1. The molecule has 0 aliphatic carbocycles. The standard InChI is InChI=1S/C11H16BrNO/c1-7-5-8(2)11(12)9(6-7)10(13)3-4-14/h5-6,10,14H,3-4,13H2,1-2H3. The maximum Gasteiger partial charge on any atom is 0.0449 e. The van der Waals surface area contributed by atoms with Crippen molar-refractivity contribution in [2.45, 2.75) is 26.3 Å². The minimum Gasteiger partial charge on any atom is -0.396 e. The minimum absolute atomic E-state index is 0.0898. The number of nitrogens with two attached hydrogens (primary N) is 1. The smallest absolute Gasteiger partial charge is 0.0449 e. The lowest BCUT2D eigenvalue weighted by molar-refractivity contribution is 0.276. The van der Waals surface area contributed by atoms with E-state index in [0.29, 0.717) is 6.42 Å². The molecular formula is C11H16BrNO. The average Bonchev–Trinajstić information content (AvgIpc) is 2.11. The predicted octanol–water partition coefficient (Wildman–Crippen LogP) is 2.45. The fourth-order valence-corrected chi connectivity index (χ4v) is 2.07. The number of benzene rings is 1. The summed E-state index contributed by atoms with van der Waals surface area (Å²) in [6.07, 6.45) is 0.599. The van der Waals surface area contributed by atoms with Crippen molar-refractivity contribution < 1.29 is 5.11 Å². The molecular weight excluding hydrogens is 242 g/mol. The van der Waals surface area contributed by atoms with E-state index in [2.05, 4.69) is 35.0 Å². The van der Waals surface area contributed by atoms with Gasteiger partial charge < -0.3 is 10.8 Å². The summed E-state index contributed by atoms with van der Waals surface area (Å²) >= 11 is 3.52. The van der Waals surface area contributed by atoms with Crippen molar-refractivity contribution in [1.82, 2.24) is 0 Å². The third-order valence-electron chi connectivity index (χ3n) is 2.27. The largest absolute Gasteiger partial charge is 0.396 e. The fourth-order valence-electron chi connectivity index (χ4n) is 1.55. The molecule has 2 nitrogen and oxygen atoms in total. The normalized spacial score (nSPS) is 12.9. The first kappa shape index (κ1) is 11.7. The second-order valence-electron chi connectivity index (χ2n) is 3.60. The fraction of sp³-hybridized carbons (Fsp3) is 0.455. The van der Waals surface area contributed by atoms with Gasteiger partial charge in [0, 0.05) is 17.1 Å². The van der Waals surface area contributed by atoms with E-state index in [0.717, 1.165) is 10.0 Å². The topological polar surface area (TPSA) is 46.2 Å². The van der Waals surface area contributed by atoms with Crippen molar-refractivity contribution in [3.05, 3.63) is 33.3 Å². The molecule has 1 rings (SSSR count). The zero-order valence-electron chi connectivity index (χ0n) is 8.55. The summed E-state index contributed by atoms with van der Waals surface area (Å²) in [7, 11) is 0. The van der Waals surface area contributed by atoms with Crippen LogP contribution in [0.4, 0.5) is 0 Å². The summed E-state index contributed by atoms with van der Waals surface area (Å²) < 4.78 is 1.06. The molecule has 0 aliphatic rings. The molecule has 0 radical (unpaired) electrons. The van der Waals surface area contributed by atoms with E-state index in [1.165, 1.54) is 11.1 Å². The van der Waals surface area contributed by atoms with Crippen LogP contribution in [0.3, 0.4) is 0 Å². The number of hydrogen-bond donors (Lipinski definition) is 2. The molecule has 3 heteroatoms.